The van der Waals surface area contributed by atoms with Crippen LogP contribution >= 0.6 is 0 Å². The Morgan fingerprint density at radius 2 is 1.97 bits per heavy atom. The molecule has 1 aromatic carbocycles. The molecule has 3 heterocycles. The van der Waals surface area contributed by atoms with Crippen LogP contribution in [0, 0.1) is 5.41 Å². The van der Waals surface area contributed by atoms with E-state index in [-0.39, 0.29) is 11.5 Å². The molecule has 9 nitrogen and oxygen atoms in total. The molecule has 9 heteroatoms. The molecule has 0 radical (unpaired) electrons. The summed E-state index contributed by atoms with van der Waals surface area (Å²) in [7, 11) is 1.85. The van der Waals surface area contributed by atoms with Gasteiger partial charge < -0.3 is 25.5 Å². The lowest BCUT2D eigenvalue weighted by Gasteiger charge is -2.28. The number of carbonyl (C=O) groups is 1. The summed E-state index contributed by atoms with van der Waals surface area (Å²) in [6.07, 6.45) is 10.4. The Labute approximate surface area is 192 Å². The zero-order chi connectivity index (χ0) is 22.8. The van der Waals surface area contributed by atoms with Crippen molar-refractivity contribution in [1.82, 2.24) is 24.4 Å². The third kappa shape index (κ3) is 4.34. The second-order valence-corrected chi connectivity index (χ2v) is 8.44. The van der Waals surface area contributed by atoms with Gasteiger partial charge in [-0.1, -0.05) is 24.3 Å². The first-order valence-electron chi connectivity index (χ1n) is 11.0. The topological polar surface area (TPSA) is 112 Å². The average molecular weight is 443 g/mol. The highest BCUT2D eigenvalue weighted by atomic mass is 16.2. The van der Waals surface area contributed by atoms with Gasteiger partial charge in [-0.25, -0.2) is 15.0 Å². The summed E-state index contributed by atoms with van der Waals surface area (Å²) in [5, 5.41) is 14.2. The number of carbonyl (C=O) groups excluding carboxylic acids is 1. The second-order valence-electron chi connectivity index (χ2n) is 8.44. The van der Waals surface area contributed by atoms with E-state index in [0.29, 0.717) is 31.5 Å². The van der Waals surface area contributed by atoms with Gasteiger partial charge in [-0.05, 0) is 24.0 Å². The van der Waals surface area contributed by atoms with Crippen molar-refractivity contribution >= 4 is 23.9 Å². The molecule has 1 aliphatic carbocycles. The number of aromatic nitrogens is 4. The van der Waals surface area contributed by atoms with Crippen LogP contribution in [0.2, 0.25) is 0 Å². The van der Waals surface area contributed by atoms with Crippen LogP contribution in [0.15, 0.2) is 54.8 Å². The van der Waals surface area contributed by atoms with Crippen molar-refractivity contribution in [1.29, 1.82) is 5.41 Å². The van der Waals surface area contributed by atoms with E-state index in [9.17, 15) is 4.79 Å². The molecule has 3 N–H and O–H groups in total. The minimum absolute atomic E-state index is 0.198. The van der Waals surface area contributed by atoms with Crippen LogP contribution in [-0.4, -0.2) is 49.1 Å². The number of imidazole rings is 1. The van der Waals surface area contributed by atoms with E-state index >= 15 is 0 Å². The van der Waals surface area contributed by atoms with Gasteiger partial charge in [-0.2, -0.15) is 0 Å². The number of benzene rings is 1. The first-order chi connectivity index (χ1) is 16.1. The summed E-state index contributed by atoms with van der Waals surface area (Å²) in [6, 6.07) is 8.82. The zero-order valence-electron chi connectivity index (χ0n) is 18.5. The summed E-state index contributed by atoms with van der Waals surface area (Å²) in [5.74, 6) is 1.19. The van der Waals surface area contributed by atoms with Crippen molar-refractivity contribution in [3.63, 3.8) is 0 Å². The molecule has 5 rings (SSSR count). The molecule has 0 bridgehead atoms. The van der Waals surface area contributed by atoms with Gasteiger partial charge in [0, 0.05) is 56.8 Å². The molecule has 0 saturated carbocycles. The van der Waals surface area contributed by atoms with E-state index < -0.39 is 0 Å². The Kier molecular flexibility index (Phi) is 5.60. The number of nitrogens with one attached hydrogen (secondary N) is 3. The lowest BCUT2D eigenvalue weighted by molar-refractivity contribution is -0.127. The van der Waals surface area contributed by atoms with Gasteiger partial charge in [0.2, 0.25) is 5.95 Å². The predicted octanol–water partition coefficient (Wildman–Crippen LogP) is 2.32. The van der Waals surface area contributed by atoms with Crippen LogP contribution in [0.25, 0.3) is 0 Å². The SMILES string of the molecule is Cn1cncc1N/C=C(\C=N)C(=O)N1CCc2nc(NC3Cc4ccccc4C3)ncc2C1. The monoisotopic (exact) mass is 442 g/mol. The minimum atomic E-state index is -0.198. The molecule has 0 unspecified atom stereocenters. The summed E-state index contributed by atoms with van der Waals surface area (Å²) < 4.78 is 1.80. The largest absolute Gasteiger partial charge is 0.351 e. The number of nitrogens with zero attached hydrogens (tertiary/aromatic N) is 5. The third-order valence-electron chi connectivity index (χ3n) is 6.20. The molecule has 2 aromatic heterocycles. The number of anilines is 2. The highest BCUT2D eigenvalue weighted by Gasteiger charge is 2.25. The van der Waals surface area contributed by atoms with Gasteiger partial charge in [0.05, 0.1) is 23.8 Å². The number of fused-ring (bicyclic) bond motifs is 2. The van der Waals surface area contributed by atoms with Crippen LogP contribution in [0.3, 0.4) is 0 Å². The van der Waals surface area contributed by atoms with E-state index in [2.05, 4.69) is 44.9 Å². The molecule has 33 heavy (non-hydrogen) atoms. The van der Waals surface area contributed by atoms with Crippen LogP contribution in [0.5, 0.6) is 0 Å². The Hall–Kier alpha value is -4.01. The molecule has 0 atom stereocenters. The molecule has 1 amide bonds. The molecule has 2 aliphatic rings. The quantitative estimate of drug-likeness (QED) is 0.399. The predicted molar refractivity (Wildman–Crippen MR) is 126 cm³/mol. The first-order valence-corrected chi connectivity index (χ1v) is 11.0. The normalized spacial score (nSPS) is 15.7. The summed E-state index contributed by atoms with van der Waals surface area (Å²) in [6.45, 7) is 0.980. The van der Waals surface area contributed by atoms with Crippen molar-refractivity contribution in [3.05, 3.63) is 77.1 Å². The van der Waals surface area contributed by atoms with Crippen molar-refractivity contribution in [2.75, 3.05) is 17.2 Å². The summed E-state index contributed by atoms with van der Waals surface area (Å²) in [5.41, 5.74) is 4.96. The van der Waals surface area contributed by atoms with Gasteiger partial charge in [0.25, 0.3) is 5.91 Å². The van der Waals surface area contributed by atoms with E-state index in [1.54, 1.807) is 28.2 Å². The van der Waals surface area contributed by atoms with Gasteiger partial charge in [0.1, 0.15) is 5.82 Å². The van der Waals surface area contributed by atoms with Crippen molar-refractivity contribution < 1.29 is 4.79 Å². The van der Waals surface area contributed by atoms with Gasteiger partial charge >= 0.3 is 0 Å². The fourth-order valence-electron chi connectivity index (χ4n) is 4.40. The Bertz CT molecular complexity index is 1210. The van der Waals surface area contributed by atoms with Crippen molar-refractivity contribution in [2.45, 2.75) is 31.8 Å². The highest BCUT2D eigenvalue weighted by molar-refractivity contribution is 6.11. The fourth-order valence-corrected chi connectivity index (χ4v) is 4.40. The van der Waals surface area contributed by atoms with Gasteiger partial charge in [-0.3, -0.25) is 4.79 Å². The fraction of sp³-hybridized carbons (Fsp3) is 0.292. The summed E-state index contributed by atoms with van der Waals surface area (Å²) in [4.78, 5) is 28.0. The molecule has 0 fully saturated rings. The van der Waals surface area contributed by atoms with Crippen molar-refractivity contribution in [2.24, 2.45) is 7.05 Å². The number of aryl methyl sites for hydroxylation is 1. The number of hydrogen-bond acceptors (Lipinski definition) is 7. The van der Waals surface area contributed by atoms with E-state index in [0.717, 1.165) is 36.1 Å². The standard InChI is InChI=1S/C24H26N8O/c1-31-15-26-13-22(31)27-11-18(10-25)23(33)32-7-6-21-19(14-32)12-28-24(30-21)29-20-8-16-4-2-3-5-17(16)9-20/h2-5,10-13,15,20,25,27H,6-9,14H2,1H3,(H,28,29,30)/b18-11+,25-10?. The summed E-state index contributed by atoms with van der Waals surface area (Å²) >= 11 is 0. The molecule has 168 valence electrons. The van der Waals surface area contributed by atoms with Crippen molar-refractivity contribution in [3.8, 4) is 0 Å². The second kappa shape index (κ2) is 8.85. The first kappa shape index (κ1) is 20.9. The maximum absolute atomic E-state index is 13.0. The Balaban J connectivity index is 1.23. The van der Waals surface area contributed by atoms with Crippen LogP contribution < -0.4 is 10.6 Å². The molecule has 0 spiro atoms. The number of amides is 1. The van der Waals surface area contributed by atoms with E-state index in [1.807, 2.05) is 13.2 Å². The van der Waals surface area contributed by atoms with E-state index in [4.69, 9.17) is 10.4 Å². The highest BCUT2D eigenvalue weighted by Crippen LogP contribution is 2.25. The Morgan fingerprint density at radius 1 is 1.18 bits per heavy atom. The molecular weight excluding hydrogens is 416 g/mol. The zero-order valence-corrected chi connectivity index (χ0v) is 18.5. The molecule has 3 aromatic rings. The van der Waals surface area contributed by atoms with Crippen LogP contribution in [0.4, 0.5) is 11.8 Å². The lowest BCUT2D eigenvalue weighted by atomic mass is 10.1. The maximum atomic E-state index is 13.0. The maximum Gasteiger partial charge on any atom is 0.257 e. The smallest absolute Gasteiger partial charge is 0.257 e. The third-order valence-corrected chi connectivity index (χ3v) is 6.20. The van der Waals surface area contributed by atoms with Gasteiger partial charge in [0.15, 0.2) is 0 Å². The van der Waals surface area contributed by atoms with Gasteiger partial charge in [-0.15, -0.1) is 0 Å². The van der Waals surface area contributed by atoms with Crippen LogP contribution in [-0.2, 0) is 37.6 Å². The molecule has 0 saturated heterocycles. The number of hydrogen-bond donors (Lipinski definition) is 3. The average Bonchev–Trinajstić information content (AvgIpc) is 3.44. The van der Waals surface area contributed by atoms with E-state index in [1.165, 1.54) is 11.1 Å². The lowest BCUT2D eigenvalue weighted by Crippen LogP contribution is -2.38. The number of rotatable bonds is 6. The minimum Gasteiger partial charge on any atom is -0.351 e. The molecule has 1 aliphatic heterocycles. The Morgan fingerprint density at radius 3 is 2.67 bits per heavy atom. The molecular formula is C24H26N8O. The van der Waals surface area contributed by atoms with Crippen LogP contribution in [0.1, 0.15) is 22.4 Å².